The molecule has 0 aliphatic carbocycles. The standard InChI is InChI=1S/C9H13ClOSi/c1-11-12(8-10)7-9-5-3-2-4-6-9/h2-6,12H,7-8H2,1H3. The summed E-state index contributed by atoms with van der Waals surface area (Å²) >= 11 is 5.75. The van der Waals surface area contributed by atoms with Crippen LogP contribution in [0.4, 0.5) is 0 Å². The molecule has 0 fully saturated rings. The molecule has 0 amide bonds. The number of halogens is 1. The van der Waals surface area contributed by atoms with Gasteiger partial charge < -0.3 is 4.43 Å². The normalized spacial score (nSPS) is 12.8. The SMILES string of the molecule is CO[SiH](CCl)Cc1ccccc1. The summed E-state index contributed by atoms with van der Waals surface area (Å²) in [6.07, 6.45) is 0. The Bertz CT molecular complexity index is 211. The summed E-state index contributed by atoms with van der Waals surface area (Å²) in [5.41, 5.74) is 2.02. The zero-order valence-electron chi connectivity index (χ0n) is 7.16. The monoisotopic (exact) mass is 200 g/mol. The van der Waals surface area contributed by atoms with Crippen LogP contribution >= 0.6 is 11.6 Å². The average molecular weight is 201 g/mol. The highest BCUT2D eigenvalue weighted by Gasteiger charge is 2.08. The summed E-state index contributed by atoms with van der Waals surface area (Å²) in [5.74, 6) is 0. The van der Waals surface area contributed by atoms with Crippen LogP contribution in [-0.2, 0) is 10.5 Å². The Morgan fingerprint density at radius 1 is 1.33 bits per heavy atom. The van der Waals surface area contributed by atoms with E-state index < -0.39 is 9.04 Å². The van der Waals surface area contributed by atoms with Gasteiger partial charge in [-0.1, -0.05) is 30.3 Å². The van der Waals surface area contributed by atoms with Crippen LogP contribution in [0.3, 0.4) is 0 Å². The van der Waals surface area contributed by atoms with Crippen molar-refractivity contribution in [3.63, 3.8) is 0 Å². The molecule has 1 unspecified atom stereocenters. The van der Waals surface area contributed by atoms with Crippen molar-refractivity contribution in [2.75, 3.05) is 12.6 Å². The maximum atomic E-state index is 5.75. The first kappa shape index (κ1) is 9.77. The Morgan fingerprint density at radius 3 is 2.50 bits per heavy atom. The fraction of sp³-hybridized carbons (Fsp3) is 0.333. The zero-order chi connectivity index (χ0) is 8.81. The number of rotatable bonds is 4. The second-order valence-electron chi connectivity index (χ2n) is 2.70. The van der Waals surface area contributed by atoms with E-state index in [0.29, 0.717) is 5.50 Å². The molecule has 0 spiro atoms. The van der Waals surface area contributed by atoms with Crippen LogP contribution in [-0.4, -0.2) is 21.7 Å². The van der Waals surface area contributed by atoms with E-state index in [1.54, 1.807) is 7.11 Å². The topological polar surface area (TPSA) is 9.23 Å². The van der Waals surface area contributed by atoms with Gasteiger partial charge in [0.15, 0.2) is 9.04 Å². The van der Waals surface area contributed by atoms with Crippen molar-refractivity contribution < 1.29 is 4.43 Å². The van der Waals surface area contributed by atoms with E-state index >= 15 is 0 Å². The average Bonchev–Trinajstić information content (AvgIpc) is 2.16. The van der Waals surface area contributed by atoms with Crippen molar-refractivity contribution in [1.29, 1.82) is 0 Å². The number of benzene rings is 1. The first-order chi connectivity index (χ1) is 5.86. The molecule has 0 aliphatic rings. The highest BCUT2D eigenvalue weighted by Crippen LogP contribution is 2.03. The van der Waals surface area contributed by atoms with Crippen molar-refractivity contribution in [1.82, 2.24) is 0 Å². The van der Waals surface area contributed by atoms with Gasteiger partial charge in [0.2, 0.25) is 0 Å². The molecule has 3 heteroatoms. The predicted molar refractivity (Wildman–Crippen MR) is 55.0 cm³/mol. The lowest BCUT2D eigenvalue weighted by molar-refractivity contribution is 0.422. The van der Waals surface area contributed by atoms with Crippen LogP contribution in [0.15, 0.2) is 30.3 Å². The van der Waals surface area contributed by atoms with Gasteiger partial charge in [0.25, 0.3) is 0 Å². The van der Waals surface area contributed by atoms with Crippen molar-refractivity contribution in [2.45, 2.75) is 6.04 Å². The highest BCUT2D eigenvalue weighted by molar-refractivity contribution is 6.61. The molecule has 1 aromatic carbocycles. The van der Waals surface area contributed by atoms with Gasteiger partial charge in [-0.2, -0.15) is 0 Å². The molecule has 0 aliphatic heterocycles. The smallest absolute Gasteiger partial charge is 0.195 e. The predicted octanol–water partition coefficient (Wildman–Crippen LogP) is 1.92. The Kier molecular flexibility index (Phi) is 4.36. The van der Waals surface area contributed by atoms with Gasteiger partial charge in [-0.3, -0.25) is 0 Å². The lowest BCUT2D eigenvalue weighted by Gasteiger charge is -2.08. The lowest BCUT2D eigenvalue weighted by atomic mass is 10.2. The first-order valence-corrected chi connectivity index (χ1v) is 6.63. The van der Waals surface area contributed by atoms with Crippen molar-refractivity contribution >= 4 is 20.6 Å². The fourth-order valence-corrected chi connectivity index (χ4v) is 2.98. The van der Waals surface area contributed by atoms with Crippen LogP contribution in [0, 0.1) is 0 Å². The molecule has 0 bridgehead atoms. The minimum absolute atomic E-state index is 0.686. The number of hydrogen-bond donors (Lipinski definition) is 0. The molecule has 1 rings (SSSR count). The molecule has 1 nitrogen and oxygen atoms in total. The Labute approximate surface area is 80.0 Å². The van der Waals surface area contributed by atoms with Crippen LogP contribution < -0.4 is 0 Å². The Hall–Kier alpha value is -0.313. The minimum Gasteiger partial charge on any atom is -0.422 e. The molecule has 0 radical (unpaired) electrons. The van der Waals surface area contributed by atoms with Crippen molar-refractivity contribution in [3.8, 4) is 0 Å². The molecule has 0 heterocycles. The van der Waals surface area contributed by atoms with Gasteiger partial charge in [0.05, 0.1) is 0 Å². The quantitative estimate of drug-likeness (QED) is 0.533. The van der Waals surface area contributed by atoms with E-state index in [0.717, 1.165) is 6.04 Å². The van der Waals surface area contributed by atoms with E-state index in [4.69, 9.17) is 16.0 Å². The maximum absolute atomic E-state index is 5.75. The van der Waals surface area contributed by atoms with Crippen LogP contribution in [0.1, 0.15) is 5.56 Å². The third kappa shape index (κ3) is 2.97. The van der Waals surface area contributed by atoms with Gasteiger partial charge >= 0.3 is 0 Å². The van der Waals surface area contributed by atoms with Gasteiger partial charge in [-0.25, -0.2) is 0 Å². The Balaban J connectivity index is 2.51. The third-order valence-corrected chi connectivity index (χ3v) is 4.78. The van der Waals surface area contributed by atoms with Gasteiger partial charge in [-0.15, -0.1) is 11.6 Å². The second-order valence-corrected chi connectivity index (χ2v) is 6.06. The summed E-state index contributed by atoms with van der Waals surface area (Å²) in [6.45, 7) is 0. The number of hydrogen-bond acceptors (Lipinski definition) is 1. The molecule has 12 heavy (non-hydrogen) atoms. The van der Waals surface area contributed by atoms with Gasteiger partial charge in [0, 0.05) is 12.6 Å². The largest absolute Gasteiger partial charge is 0.422 e. The summed E-state index contributed by atoms with van der Waals surface area (Å²) in [4.78, 5) is 0. The van der Waals surface area contributed by atoms with Crippen LogP contribution in [0.25, 0.3) is 0 Å². The molecule has 66 valence electrons. The summed E-state index contributed by atoms with van der Waals surface area (Å²) in [6, 6.07) is 11.4. The molecule has 0 aromatic heterocycles. The summed E-state index contributed by atoms with van der Waals surface area (Å²) in [5, 5.41) is 0. The first-order valence-electron chi connectivity index (χ1n) is 3.99. The molecule has 0 saturated heterocycles. The van der Waals surface area contributed by atoms with Gasteiger partial charge in [0.1, 0.15) is 0 Å². The van der Waals surface area contributed by atoms with E-state index in [1.807, 2.05) is 18.2 Å². The summed E-state index contributed by atoms with van der Waals surface area (Å²) < 4.78 is 5.31. The highest BCUT2D eigenvalue weighted by atomic mass is 35.5. The van der Waals surface area contributed by atoms with Crippen molar-refractivity contribution in [3.05, 3.63) is 35.9 Å². The van der Waals surface area contributed by atoms with E-state index in [9.17, 15) is 0 Å². The number of alkyl halides is 1. The second kappa shape index (κ2) is 5.35. The molecule has 1 aromatic rings. The van der Waals surface area contributed by atoms with Gasteiger partial charge in [-0.05, 0) is 11.6 Å². The zero-order valence-corrected chi connectivity index (χ0v) is 9.08. The summed E-state index contributed by atoms with van der Waals surface area (Å²) in [7, 11) is 0.599. The van der Waals surface area contributed by atoms with Crippen LogP contribution in [0.5, 0.6) is 0 Å². The molecule has 0 saturated carbocycles. The minimum atomic E-state index is -1.15. The van der Waals surface area contributed by atoms with E-state index in [1.165, 1.54) is 5.56 Å². The van der Waals surface area contributed by atoms with E-state index in [-0.39, 0.29) is 0 Å². The Morgan fingerprint density at radius 2 is 2.00 bits per heavy atom. The third-order valence-electron chi connectivity index (χ3n) is 1.81. The van der Waals surface area contributed by atoms with Crippen molar-refractivity contribution in [2.24, 2.45) is 0 Å². The fourth-order valence-electron chi connectivity index (χ4n) is 1.08. The lowest BCUT2D eigenvalue weighted by Crippen LogP contribution is -2.22. The van der Waals surface area contributed by atoms with E-state index in [2.05, 4.69) is 12.1 Å². The maximum Gasteiger partial charge on any atom is 0.195 e. The van der Waals surface area contributed by atoms with Crippen LogP contribution in [0.2, 0.25) is 0 Å². The molecular weight excluding hydrogens is 188 g/mol. The molecule has 1 atom stereocenters. The molecule has 0 N–H and O–H groups in total. The molecular formula is C9H13ClOSi.